The van der Waals surface area contributed by atoms with Crippen LogP contribution in [-0.4, -0.2) is 54.0 Å². The predicted octanol–water partition coefficient (Wildman–Crippen LogP) is 0.377. The van der Waals surface area contributed by atoms with Crippen molar-refractivity contribution in [2.45, 2.75) is 38.2 Å². The first-order chi connectivity index (χ1) is 9.49. The zero-order valence-corrected chi connectivity index (χ0v) is 11.2. The Bertz CT molecular complexity index is 367. The topological polar surface area (TPSA) is 69.6 Å². The van der Waals surface area contributed by atoms with Crippen LogP contribution in [0.15, 0.2) is 0 Å². The van der Waals surface area contributed by atoms with Gasteiger partial charge in [0.15, 0.2) is 0 Å². The van der Waals surface area contributed by atoms with Gasteiger partial charge < -0.3 is 15.3 Å². The van der Waals surface area contributed by atoms with Crippen LogP contribution in [0.1, 0.15) is 25.7 Å². The fraction of sp³-hybridized carbons (Fsp3) is 0.846. The van der Waals surface area contributed by atoms with Crippen molar-refractivity contribution < 1.29 is 23.5 Å². The number of likely N-dealkylation sites (tertiary alicyclic amines) is 1. The van der Waals surface area contributed by atoms with E-state index in [1.54, 1.807) is 4.90 Å². The molecule has 0 bridgehead atoms. The second-order valence-electron chi connectivity index (χ2n) is 5.52. The minimum atomic E-state index is -2.85. The molecule has 0 aromatic carbocycles. The Morgan fingerprint density at radius 2 is 1.75 bits per heavy atom. The largest absolute Gasteiger partial charge is 0.385 e. The van der Waals surface area contributed by atoms with Crippen molar-refractivity contribution in [2.24, 2.45) is 11.8 Å². The summed E-state index contributed by atoms with van der Waals surface area (Å²) in [5.41, 5.74) is 0. The average molecular weight is 290 g/mol. The van der Waals surface area contributed by atoms with Crippen molar-refractivity contribution in [2.75, 3.05) is 19.6 Å². The standard InChI is InChI=1S/C13H20F2N2O3/c14-11(15)10(18)7-16-12(19)8-3-5-17(6-4-8)13(20)9-1-2-9/h8-11,18H,1-7H2,(H,16,19). The number of hydrogen-bond donors (Lipinski definition) is 2. The summed E-state index contributed by atoms with van der Waals surface area (Å²) in [4.78, 5) is 25.4. The maximum atomic E-state index is 12.1. The van der Waals surface area contributed by atoms with Crippen molar-refractivity contribution >= 4 is 11.8 Å². The van der Waals surface area contributed by atoms with Gasteiger partial charge in [-0.05, 0) is 25.7 Å². The van der Waals surface area contributed by atoms with Crippen molar-refractivity contribution in [1.29, 1.82) is 0 Å². The summed E-state index contributed by atoms with van der Waals surface area (Å²) in [6.07, 6.45) is -1.65. The Kier molecular flexibility index (Phi) is 4.91. The molecular formula is C13H20F2N2O3. The second kappa shape index (κ2) is 6.47. The normalized spacial score (nSPS) is 21.9. The van der Waals surface area contributed by atoms with Crippen LogP contribution in [0.4, 0.5) is 8.78 Å². The SMILES string of the molecule is O=C(NCC(O)C(F)F)C1CCN(C(=O)C2CC2)CC1. The van der Waals surface area contributed by atoms with Gasteiger partial charge in [-0.25, -0.2) is 8.78 Å². The summed E-state index contributed by atoms with van der Waals surface area (Å²) in [6, 6.07) is 0. The van der Waals surface area contributed by atoms with Crippen molar-refractivity contribution in [3.63, 3.8) is 0 Å². The highest BCUT2D eigenvalue weighted by Crippen LogP contribution is 2.32. The number of aliphatic hydroxyl groups excluding tert-OH is 1. The number of carbonyl (C=O) groups excluding carboxylic acids is 2. The van der Waals surface area contributed by atoms with E-state index in [0.717, 1.165) is 12.8 Å². The predicted molar refractivity (Wildman–Crippen MR) is 67.0 cm³/mol. The Morgan fingerprint density at radius 3 is 2.25 bits per heavy atom. The molecule has 114 valence electrons. The number of nitrogens with zero attached hydrogens (tertiary/aromatic N) is 1. The van der Waals surface area contributed by atoms with Gasteiger partial charge >= 0.3 is 0 Å². The number of carbonyl (C=O) groups is 2. The zero-order valence-electron chi connectivity index (χ0n) is 11.2. The molecule has 0 radical (unpaired) electrons. The summed E-state index contributed by atoms with van der Waals surface area (Å²) < 4.78 is 24.2. The van der Waals surface area contributed by atoms with Crippen LogP contribution < -0.4 is 5.32 Å². The lowest BCUT2D eigenvalue weighted by atomic mass is 9.95. The van der Waals surface area contributed by atoms with E-state index in [9.17, 15) is 18.4 Å². The van der Waals surface area contributed by atoms with Crippen LogP contribution in [0, 0.1) is 11.8 Å². The smallest absolute Gasteiger partial charge is 0.265 e. The molecule has 0 spiro atoms. The van der Waals surface area contributed by atoms with Crippen LogP contribution in [0.5, 0.6) is 0 Å². The van der Waals surface area contributed by atoms with Gasteiger partial charge in [0, 0.05) is 31.5 Å². The molecule has 5 nitrogen and oxygen atoms in total. The minimum absolute atomic E-state index is 0.178. The van der Waals surface area contributed by atoms with E-state index in [-0.39, 0.29) is 23.7 Å². The van der Waals surface area contributed by atoms with Crippen LogP contribution in [-0.2, 0) is 9.59 Å². The van der Waals surface area contributed by atoms with Gasteiger partial charge in [0.2, 0.25) is 11.8 Å². The maximum Gasteiger partial charge on any atom is 0.265 e. The van der Waals surface area contributed by atoms with Crippen molar-refractivity contribution in [3.8, 4) is 0 Å². The first kappa shape index (κ1) is 15.2. The van der Waals surface area contributed by atoms with E-state index in [1.807, 2.05) is 0 Å². The van der Waals surface area contributed by atoms with E-state index in [4.69, 9.17) is 5.11 Å². The Hall–Kier alpha value is -1.24. The van der Waals surface area contributed by atoms with Crippen LogP contribution >= 0.6 is 0 Å². The number of hydrogen-bond acceptors (Lipinski definition) is 3. The number of piperidine rings is 1. The van der Waals surface area contributed by atoms with E-state index < -0.39 is 19.1 Å². The lowest BCUT2D eigenvalue weighted by Crippen LogP contribution is -2.45. The summed E-state index contributed by atoms with van der Waals surface area (Å²) >= 11 is 0. The molecule has 1 aliphatic heterocycles. The van der Waals surface area contributed by atoms with E-state index in [2.05, 4.69) is 5.32 Å². The quantitative estimate of drug-likeness (QED) is 0.769. The summed E-state index contributed by atoms with van der Waals surface area (Å²) in [5, 5.41) is 11.3. The third-order valence-corrected chi connectivity index (χ3v) is 3.88. The van der Waals surface area contributed by atoms with Gasteiger partial charge in [-0.3, -0.25) is 9.59 Å². The number of aliphatic hydroxyl groups is 1. The molecule has 2 rings (SSSR count). The van der Waals surface area contributed by atoms with Gasteiger partial charge in [-0.2, -0.15) is 0 Å². The fourth-order valence-corrected chi connectivity index (χ4v) is 2.39. The maximum absolute atomic E-state index is 12.1. The third kappa shape index (κ3) is 3.88. The number of halogens is 2. The molecule has 2 fully saturated rings. The van der Waals surface area contributed by atoms with Gasteiger partial charge in [0.25, 0.3) is 6.43 Å². The van der Waals surface area contributed by atoms with Crippen molar-refractivity contribution in [3.05, 3.63) is 0 Å². The highest BCUT2D eigenvalue weighted by atomic mass is 19.3. The number of rotatable bonds is 5. The first-order valence-corrected chi connectivity index (χ1v) is 7.01. The molecular weight excluding hydrogens is 270 g/mol. The van der Waals surface area contributed by atoms with E-state index >= 15 is 0 Å². The van der Waals surface area contributed by atoms with E-state index in [1.165, 1.54) is 0 Å². The molecule has 1 saturated heterocycles. The molecule has 1 aliphatic carbocycles. The van der Waals surface area contributed by atoms with Crippen LogP contribution in [0.25, 0.3) is 0 Å². The molecule has 2 N–H and O–H groups in total. The number of amides is 2. The Morgan fingerprint density at radius 1 is 1.15 bits per heavy atom. The number of alkyl halides is 2. The molecule has 20 heavy (non-hydrogen) atoms. The highest BCUT2D eigenvalue weighted by Gasteiger charge is 2.36. The fourth-order valence-electron chi connectivity index (χ4n) is 2.39. The van der Waals surface area contributed by atoms with Gasteiger partial charge in [-0.15, -0.1) is 0 Å². The molecule has 1 saturated carbocycles. The third-order valence-electron chi connectivity index (χ3n) is 3.88. The molecule has 0 aromatic heterocycles. The minimum Gasteiger partial charge on any atom is -0.385 e. The first-order valence-electron chi connectivity index (χ1n) is 7.01. The van der Waals surface area contributed by atoms with Gasteiger partial charge in [-0.1, -0.05) is 0 Å². The van der Waals surface area contributed by atoms with Gasteiger partial charge in [0.05, 0.1) is 0 Å². The lowest BCUT2D eigenvalue weighted by Gasteiger charge is -2.31. The summed E-state index contributed by atoms with van der Waals surface area (Å²) in [5.74, 6) is -0.218. The average Bonchev–Trinajstić information content (AvgIpc) is 3.28. The monoisotopic (exact) mass is 290 g/mol. The summed E-state index contributed by atoms with van der Waals surface area (Å²) in [6.45, 7) is 0.660. The molecule has 1 heterocycles. The Labute approximate surface area is 116 Å². The molecule has 1 atom stereocenters. The highest BCUT2D eigenvalue weighted by molar-refractivity contribution is 5.82. The summed E-state index contributed by atoms with van der Waals surface area (Å²) in [7, 11) is 0. The zero-order chi connectivity index (χ0) is 14.7. The van der Waals surface area contributed by atoms with Crippen LogP contribution in [0.3, 0.4) is 0 Å². The molecule has 1 unspecified atom stereocenters. The Balaban J connectivity index is 1.70. The molecule has 2 amide bonds. The lowest BCUT2D eigenvalue weighted by molar-refractivity contribution is -0.136. The second-order valence-corrected chi connectivity index (χ2v) is 5.52. The molecule has 2 aliphatic rings. The number of nitrogens with one attached hydrogen (secondary N) is 1. The van der Waals surface area contributed by atoms with E-state index in [0.29, 0.717) is 25.9 Å². The van der Waals surface area contributed by atoms with Crippen molar-refractivity contribution in [1.82, 2.24) is 10.2 Å². The van der Waals surface area contributed by atoms with Gasteiger partial charge in [0.1, 0.15) is 6.10 Å². The molecule has 0 aromatic rings. The molecule has 7 heteroatoms. The van der Waals surface area contributed by atoms with Crippen LogP contribution in [0.2, 0.25) is 0 Å².